The molecule has 1 fully saturated rings. The zero-order valence-electron chi connectivity index (χ0n) is 11.6. The van der Waals surface area contributed by atoms with Gasteiger partial charge < -0.3 is 14.8 Å². The van der Waals surface area contributed by atoms with Crippen LogP contribution in [0.15, 0.2) is 30.3 Å². The molecule has 106 valence electrons. The van der Waals surface area contributed by atoms with E-state index in [-0.39, 0.29) is 5.97 Å². The van der Waals surface area contributed by atoms with E-state index in [1.54, 1.807) is 0 Å². The van der Waals surface area contributed by atoms with E-state index in [2.05, 4.69) is 4.98 Å². The first kappa shape index (κ1) is 13.2. The Morgan fingerprint density at radius 2 is 2.20 bits per heavy atom. The number of ether oxygens (including phenoxy) is 1. The molecular weight excluding hydrogens is 254 g/mol. The molecule has 1 aliphatic rings. The van der Waals surface area contributed by atoms with Gasteiger partial charge in [-0.1, -0.05) is 31.0 Å². The molecule has 1 aromatic heterocycles. The van der Waals surface area contributed by atoms with Gasteiger partial charge in [-0.3, -0.25) is 4.79 Å². The van der Waals surface area contributed by atoms with Crippen LogP contribution in [0.4, 0.5) is 0 Å². The fourth-order valence-corrected chi connectivity index (χ4v) is 3.31. The van der Waals surface area contributed by atoms with E-state index in [4.69, 9.17) is 4.74 Å². The van der Waals surface area contributed by atoms with Gasteiger partial charge in [-0.2, -0.15) is 0 Å². The predicted octanol–water partition coefficient (Wildman–Crippen LogP) is 2.51. The highest BCUT2D eigenvalue weighted by Gasteiger charge is 2.50. The summed E-state index contributed by atoms with van der Waals surface area (Å²) in [5.41, 5.74) is 0.785. The van der Waals surface area contributed by atoms with Gasteiger partial charge >= 0.3 is 5.97 Å². The monoisotopic (exact) mass is 273 g/mol. The number of carbonyl (C=O) groups excluding carboxylic acids is 1. The van der Waals surface area contributed by atoms with Crippen molar-refractivity contribution in [2.24, 2.45) is 0 Å². The number of aromatic amines is 1. The molecule has 2 atom stereocenters. The van der Waals surface area contributed by atoms with E-state index in [1.165, 1.54) is 7.11 Å². The number of aromatic nitrogens is 1. The summed E-state index contributed by atoms with van der Waals surface area (Å²) in [5, 5.41) is 11.5. The molecule has 4 heteroatoms. The van der Waals surface area contributed by atoms with Crippen LogP contribution in [0, 0.1) is 0 Å². The fraction of sp³-hybridized carbons (Fsp3) is 0.438. The molecule has 0 bridgehead atoms. The number of methoxy groups -OCH3 is 1. The number of carbonyl (C=O) groups is 1. The van der Waals surface area contributed by atoms with Crippen LogP contribution in [-0.4, -0.2) is 29.3 Å². The zero-order valence-corrected chi connectivity index (χ0v) is 11.6. The number of aliphatic hydroxyl groups is 1. The molecule has 3 rings (SSSR count). The number of rotatable bonds is 2. The lowest BCUT2D eigenvalue weighted by Crippen LogP contribution is -2.49. The first-order valence-electron chi connectivity index (χ1n) is 7.03. The average molecular weight is 273 g/mol. The van der Waals surface area contributed by atoms with Gasteiger partial charge in [0, 0.05) is 11.2 Å². The summed E-state index contributed by atoms with van der Waals surface area (Å²) in [5.74, 6) is -0.351. The van der Waals surface area contributed by atoms with Gasteiger partial charge in [0.05, 0.1) is 13.2 Å². The molecule has 1 aliphatic carbocycles. The Balaban J connectivity index is 2.15. The summed E-state index contributed by atoms with van der Waals surface area (Å²) in [6.45, 7) is 0. The van der Waals surface area contributed by atoms with Gasteiger partial charge in [-0.15, -0.1) is 0 Å². The minimum Gasteiger partial charge on any atom is -0.468 e. The van der Waals surface area contributed by atoms with Crippen molar-refractivity contribution in [1.29, 1.82) is 0 Å². The van der Waals surface area contributed by atoms with Gasteiger partial charge in [0.2, 0.25) is 0 Å². The third-order valence-electron chi connectivity index (χ3n) is 4.43. The normalized spacial score (nSPS) is 26.6. The number of aliphatic hydroxyl groups excluding tert-OH is 1. The van der Waals surface area contributed by atoms with Crippen molar-refractivity contribution in [3.8, 4) is 0 Å². The minimum absolute atomic E-state index is 0.351. The molecule has 0 spiro atoms. The van der Waals surface area contributed by atoms with E-state index >= 15 is 0 Å². The number of H-pyrrole nitrogens is 1. The molecule has 0 unspecified atom stereocenters. The van der Waals surface area contributed by atoms with Gasteiger partial charge in [-0.05, 0) is 30.4 Å². The summed E-state index contributed by atoms with van der Waals surface area (Å²) < 4.78 is 4.99. The Kier molecular flexibility index (Phi) is 3.26. The third-order valence-corrected chi connectivity index (χ3v) is 4.43. The molecule has 2 aromatic rings. The lowest BCUT2D eigenvalue weighted by atomic mass is 9.69. The van der Waals surface area contributed by atoms with Crippen LogP contribution in [0.25, 0.3) is 10.9 Å². The van der Waals surface area contributed by atoms with E-state index < -0.39 is 11.5 Å². The number of hydrogen-bond donors (Lipinski definition) is 2. The van der Waals surface area contributed by atoms with Crippen molar-refractivity contribution in [3.05, 3.63) is 36.0 Å². The number of benzene rings is 1. The topological polar surface area (TPSA) is 62.3 Å². The van der Waals surface area contributed by atoms with Crippen molar-refractivity contribution >= 4 is 16.9 Å². The van der Waals surface area contributed by atoms with E-state index in [0.29, 0.717) is 12.8 Å². The second kappa shape index (κ2) is 4.94. The number of para-hydroxylation sites is 1. The van der Waals surface area contributed by atoms with Crippen LogP contribution < -0.4 is 0 Å². The summed E-state index contributed by atoms with van der Waals surface area (Å²) in [7, 11) is 1.38. The SMILES string of the molecule is COC(=O)[C@]1(c2cc3ccccc3[nH]2)CCCC[C@@H]1O. The first-order valence-corrected chi connectivity index (χ1v) is 7.03. The molecule has 1 aromatic carbocycles. The second-order valence-corrected chi connectivity index (χ2v) is 5.49. The third kappa shape index (κ3) is 1.83. The van der Waals surface area contributed by atoms with Crippen molar-refractivity contribution < 1.29 is 14.6 Å². The molecule has 0 saturated heterocycles. The van der Waals surface area contributed by atoms with Gasteiger partial charge in [0.1, 0.15) is 5.41 Å². The van der Waals surface area contributed by atoms with Gasteiger partial charge in [0.15, 0.2) is 0 Å². The Morgan fingerprint density at radius 1 is 1.40 bits per heavy atom. The highest BCUT2D eigenvalue weighted by atomic mass is 16.5. The summed E-state index contributed by atoms with van der Waals surface area (Å²) in [6.07, 6.45) is 2.41. The molecule has 1 saturated carbocycles. The lowest BCUT2D eigenvalue weighted by Gasteiger charge is -2.38. The lowest BCUT2D eigenvalue weighted by molar-refractivity contribution is -0.155. The molecule has 2 N–H and O–H groups in total. The average Bonchev–Trinajstić information content (AvgIpc) is 2.91. The van der Waals surface area contributed by atoms with Gasteiger partial charge in [-0.25, -0.2) is 0 Å². The summed E-state index contributed by atoms with van der Waals surface area (Å²) >= 11 is 0. The number of hydrogen-bond acceptors (Lipinski definition) is 3. The molecule has 4 nitrogen and oxygen atoms in total. The van der Waals surface area contributed by atoms with Crippen molar-refractivity contribution in [2.45, 2.75) is 37.2 Å². The first-order chi connectivity index (χ1) is 9.68. The van der Waals surface area contributed by atoms with Crippen molar-refractivity contribution in [2.75, 3.05) is 7.11 Å². The molecule has 0 aliphatic heterocycles. The van der Waals surface area contributed by atoms with Crippen LogP contribution in [-0.2, 0) is 14.9 Å². The Hall–Kier alpha value is -1.81. The largest absolute Gasteiger partial charge is 0.468 e. The number of fused-ring (bicyclic) bond motifs is 1. The Labute approximate surface area is 117 Å². The number of nitrogens with one attached hydrogen (secondary N) is 1. The Morgan fingerprint density at radius 3 is 2.90 bits per heavy atom. The van der Waals surface area contributed by atoms with E-state index in [1.807, 2.05) is 30.3 Å². The van der Waals surface area contributed by atoms with Crippen LogP contribution in [0.2, 0.25) is 0 Å². The van der Waals surface area contributed by atoms with Crippen LogP contribution in [0.1, 0.15) is 31.4 Å². The maximum Gasteiger partial charge on any atom is 0.320 e. The molecular formula is C16H19NO3. The van der Waals surface area contributed by atoms with Crippen molar-refractivity contribution in [3.63, 3.8) is 0 Å². The van der Waals surface area contributed by atoms with Crippen LogP contribution >= 0.6 is 0 Å². The molecule has 0 radical (unpaired) electrons. The van der Waals surface area contributed by atoms with E-state index in [9.17, 15) is 9.90 Å². The highest BCUT2D eigenvalue weighted by molar-refractivity contribution is 5.88. The maximum absolute atomic E-state index is 12.4. The summed E-state index contributed by atoms with van der Waals surface area (Å²) in [6, 6.07) is 9.84. The molecule has 20 heavy (non-hydrogen) atoms. The number of esters is 1. The summed E-state index contributed by atoms with van der Waals surface area (Å²) in [4.78, 5) is 15.7. The second-order valence-electron chi connectivity index (χ2n) is 5.49. The Bertz CT molecular complexity index is 600. The zero-order chi connectivity index (χ0) is 14.2. The smallest absolute Gasteiger partial charge is 0.320 e. The standard InChI is InChI=1S/C16H19NO3/c1-20-15(19)16(9-5-4-8-14(16)18)13-10-11-6-2-3-7-12(11)17-13/h2-3,6-7,10,14,17-18H,4-5,8-9H2,1H3/t14-,16-/m0/s1. The predicted molar refractivity (Wildman–Crippen MR) is 76.5 cm³/mol. The minimum atomic E-state index is -0.952. The van der Waals surface area contributed by atoms with E-state index in [0.717, 1.165) is 29.4 Å². The molecule has 1 heterocycles. The fourth-order valence-electron chi connectivity index (χ4n) is 3.31. The van der Waals surface area contributed by atoms with Crippen LogP contribution in [0.5, 0.6) is 0 Å². The highest BCUT2D eigenvalue weighted by Crippen LogP contribution is 2.41. The van der Waals surface area contributed by atoms with Gasteiger partial charge in [0.25, 0.3) is 0 Å². The van der Waals surface area contributed by atoms with Crippen molar-refractivity contribution in [1.82, 2.24) is 4.98 Å². The maximum atomic E-state index is 12.4. The molecule has 0 amide bonds. The van der Waals surface area contributed by atoms with Crippen LogP contribution in [0.3, 0.4) is 0 Å². The quantitative estimate of drug-likeness (QED) is 0.826.